The monoisotopic (exact) mass is 256 g/mol. The Balaban J connectivity index is 2.82. The van der Waals surface area contributed by atoms with Gasteiger partial charge in [-0.1, -0.05) is 19.8 Å². The molecule has 0 bridgehead atoms. The lowest BCUT2D eigenvalue weighted by molar-refractivity contribution is -0.149. The van der Waals surface area contributed by atoms with Gasteiger partial charge in [-0.05, 0) is 33.1 Å². The van der Waals surface area contributed by atoms with Crippen LogP contribution in [0.3, 0.4) is 0 Å². The van der Waals surface area contributed by atoms with Crippen LogP contribution in [-0.2, 0) is 9.59 Å². The molecule has 18 heavy (non-hydrogen) atoms. The zero-order valence-corrected chi connectivity index (χ0v) is 11.5. The standard InChI is InChI=1S/C13H24N2O3/c1-4-7-13(3,11(17)18)15-10(16)12(2)8-5-6-9(12)14/h9H,4-8,14H2,1-3H3,(H,15,16)(H,17,18). The van der Waals surface area contributed by atoms with Gasteiger partial charge in [0.2, 0.25) is 5.91 Å². The normalized spacial score (nSPS) is 30.8. The first-order valence-electron chi connectivity index (χ1n) is 6.58. The maximum Gasteiger partial charge on any atom is 0.329 e. The van der Waals surface area contributed by atoms with Crippen molar-refractivity contribution < 1.29 is 14.7 Å². The Labute approximate surface area is 108 Å². The van der Waals surface area contributed by atoms with Crippen molar-refractivity contribution in [3.05, 3.63) is 0 Å². The van der Waals surface area contributed by atoms with Gasteiger partial charge in [-0.25, -0.2) is 4.79 Å². The minimum Gasteiger partial charge on any atom is -0.480 e. The summed E-state index contributed by atoms with van der Waals surface area (Å²) in [7, 11) is 0. The van der Waals surface area contributed by atoms with Crippen molar-refractivity contribution in [3.63, 3.8) is 0 Å². The van der Waals surface area contributed by atoms with Crippen LogP contribution < -0.4 is 11.1 Å². The molecule has 0 heterocycles. The zero-order chi connectivity index (χ0) is 14.0. The van der Waals surface area contributed by atoms with E-state index < -0.39 is 16.9 Å². The van der Waals surface area contributed by atoms with Crippen LogP contribution in [0.5, 0.6) is 0 Å². The third kappa shape index (κ3) is 2.66. The van der Waals surface area contributed by atoms with Crippen molar-refractivity contribution in [1.82, 2.24) is 5.32 Å². The second-order valence-corrected chi connectivity index (χ2v) is 5.76. The van der Waals surface area contributed by atoms with Gasteiger partial charge in [-0.15, -0.1) is 0 Å². The predicted molar refractivity (Wildman–Crippen MR) is 69.0 cm³/mol. The summed E-state index contributed by atoms with van der Waals surface area (Å²) in [6.45, 7) is 5.28. The summed E-state index contributed by atoms with van der Waals surface area (Å²) >= 11 is 0. The molecule has 0 aromatic rings. The van der Waals surface area contributed by atoms with Crippen molar-refractivity contribution in [3.8, 4) is 0 Å². The summed E-state index contributed by atoms with van der Waals surface area (Å²) in [5.41, 5.74) is 4.14. The van der Waals surface area contributed by atoms with Crippen LogP contribution in [0.1, 0.15) is 52.9 Å². The predicted octanol–water partition coefficient (Wildman–Crippen LogP) is 1.26. The van der Waals surface area contributed by atoms with E-state index >= 15 is 0 Å². The van der Waals surface area contributed by atoms with Gasteiger partial charge in [0.25, 0.3) is 0 Å². The van der Waals surface area contributed by atoms with E-state index in [0.29, 0.717) is 12.8 Å². The summed E-state index contributed by atoms with van der Waals surface area (Å²) in [6.07, 6.45) is 3.58. The number of hydrogen-bond acceptors (Lipinski definition) is 3. The maximum atomic E-state index is 12.3. The lowest BCUT2D eigenvalue weighted by Gasteiger charge is -2.33. The van der Waals surface area contributed by atoms with Crippen LogP contribution in [-0.4, -0.2) is 28.6 Å². The molecule has 1 aliphatic carbocycles. The molecule has 0 radical (unpaired) electrons. The molecule has 1 aliphatic rings. The summed E-state index contributed by atoms with van der Waals surface area (Å²) < 4.78 is 0. The third-order valence-electron chi connectivity index (χ3n) is 4.16. The van der Waals surface area contributed by atoms with Gasteiger partial charge in [0, 0.05) is 6.04 Å². The molecule has 1 amide bonds. The molecule has 0 saturated heterocycles. The first-order chi connectivity index (χ1) is 8.26. The molecule has 3 unspecified atom stereocenters. The lowest BCUT2D eigenvalue weighted by Crippen LogP contribution is -2.58. The number of hydrogen-bond donors (Lipinski definition) is 3. The average molecular weight is 256 g/mol. The van der Waals surface area contributed by atoms with Crippen LogP contribution in [0.25, 0.3) is 0 Å². The number of amides is 1. The van der Waals surface area contributed by atoms with Gasteiger partial charge in [0.05, 0.1) is 5.41 Å². The highest BCUT2D eigenvalue weighted by Gasteiger charge is 2.46. The van der Waals surface area contributed by atoms with E-state index in [0.717, 1.165) is 19.3 Å². The first kappa shape index (κ1) is 15.0. The number of carboxylic acids is 1. The van der Waals surface area contributed by atoms with E-state index in [-0.39, 0.29) is 11.9 Å². The fourth-order valence-electron chi connectivity index (χ4n) is 2.59. The second-order valence-electron chi connectivity index (χ2n) is 5.76. The molecular weight excluding hydrogens is 232 g/mol. The Hall–Kier alpha value is -1.10. The molecule has 3 atom stereocenters. The number of aliphatic carboxylic acids is 1. The van der Waals surface area contributed by atoms with Crippen LogP contribution >= 0.6 is 0 Å². The van der Waals surface area contributed by atoms with Gasteiger partial charge in [0.15, 0.2) is 0 Å². The first-order valence-corrected chi connectivity index (χ1v) is 6.58. The molecule has 1 rings (SSSR count). The van der Waals surface area contributed by atoms with Gasteiger partial charge in [-0.2, -0.15) is 0 Å². The molecule has 5 nitrogen and oxygen atoms in total. The van der Waals surface area contributed by atoms with Crippen LogP contribution in [0.2, 0.25) is 0 Å². The van der Waals surface area contributed by atoms with Crippen molar-refractivity contribution in [2.24, 2.45) is 11.1 Å². The van der Waals surface area contributed by atoms with Crippen molar-refractivity contribution >= 4 is 11.9 Å². The second kappa shape index (κ2) is 5.26. The maximum absolute atomic E-state index is 12.3. The summed E-state index contributed by atoms with van der Waals surface area (Å²) in [5, 5.41) is 11.9. The highest BCUT2D eigenvalue weighted by atomic mass is 16.4. The Bertz CT molecular complexity index is 345. The number of nitrogens with two attached hydrogens (primary N) is 1. The van der Waals surface area contributed by atoms with Gasteiger partial charge < -0.3 is 16.2 Å². The minimum absolute atomic E-state index is 0.183. The van der Waals surface area contributed by atoms with Crippen LogP contribution in [0.15, 0.2) is 0 Å². The highest BCUT2D eigenvalue weighted by Crippen LogP contribution is 2.37. The smallest absolute Gasteiger partial charge is 0.329 e. The quantitative estimate of drug-likeness (QED) is 0.690. The molecule has 0 spiro atoms. The molecular formula is C13H24N2O3. The average Bonchev–Trinajstić information content (AvgIpc) is 2.60. The summed E-state index contributed by atoms with van der Waals surface area (Å²) in [5.74, 6) is -1.22. The molecule has 0 aromatic carbocycles. The van der Waals surface area contributed by atoms with E-state index in [1.807, 2.05) is 13.8 Å². The molecule has 104 valence electrons. The molecule has 1 saturated carbocycles. The van der Waals surface area contributed by atoms with Gasteiger partial charge >= 0.3 is 5.97 Å². The number of nitrogens with one attached hydrogen (secondary N) is 1. The van der Waals surface area contributed by atoms with Gasteiger partial charge in [-0.3, -0.25) is 4.79 Å². The molecule has 1 fully saturated rings. The van der Waals surface area contributed by atoms with Crippen molar-refractivity contribution in [2.75, 3.05) is 0 Å². The highest BCUT2D eigenvalue weighted by molar-refractivity contribution is 5.90. The number of carboxylic acid groups (broad SMARTS) is 1. The molecule has 0 aliphatic heterocycles. The van der Waals surface area contributed by atoms with E-state index in [1.165, 1.54) is 0 Å². The van der Waals surface area contributed by atoms with Crippen molar-refractivity contribution in [1.29, 1.82) is 0 Å². The van der Waals surface area contributed by atoms with E-state index in [1.54, 1.807) is 6.92 Å². The van der Waals surface area contributed by atoms with Crippen LogP contribution in [0, 0.1) is 5.41 Å². The topological polar surface area (TPSA) is 92.4 Å². The third-order valence-corrected chi connectivity index (χ3v) is 4.16. The minimum atomic E-state index is -1.20. The summed E-state index contributed by atoms with van der Waals surface area (Å²) in [4.78, 5) is 23.6. The Morgan fingerprint density at radius 1 is 1.56 bits per heavy atom. The largest absolute Gasteiger partial charge is 0.480 e. The fourth-order valence-corrected chi connectivity index (χ4v) is 2.59. The molecule has 0 aromatic heterocycles. The number of rotatable bonds is 5. The molecule has 5 heteroatoms. The number of carbonyl (C=O) groups is 2. The van der Waals surface area contributed by atoms with E-state index in [9.17, 15) is 14.7 Å². The summed E-state index contributed by atoms with van der Waals surface area (Å²) in [6, 6.07) is -0.183. The van der Waals surface area contributed by atoms with Crippen LogP contribution in [0.4, 0.5) is 0 Å². The van der Waals surface area contributed by atoms with E-state index in [4.69, 9.17) is 5.73 Å². The zero-order valence-electron chi connectivity index (χ0n) is 11.5. The fraction of sp³-hybridized carbons (Fsp3) is 0.846. The van der Waals surface area contributed by atoms with E-state index in [2.05, 4.69) is 5.32 Å². The Morgan fingerprint density at radius 3 is 2.56 bits per heavy atom. The Morgan fingerprint density at radius 2 is 2.17 bits per heavy atom. The molecule has 4 N–H and O–H groups in total. The van der Waals surface area contributed by atoms with Gasteiger partial charge in [0.1, 0.15) is 5.54 Å². The SMILES string of the molecule is CCCC(C)(NC(=O)C1(C)CCCC1N)C(=O)O. The van der Waals surface area contributed by atoms with Crippen molar-refractivity contribution in [2.45, 2.75) is 64.5 Å². The lowest BCUT2D eigenvalue weighted by atomic mass is 9.82. The Kier molecular flexibility index (Phi) is 4.37. The number of carbonyl (C=O) groups excluding carboxylic acids is 1.